The molecule has 0 radical (unpaired) electrons. The Morgan fingerprint density at radius 1 is 1.16 bits per heavy atom. The van der Waals surface area contributed by atoms with Crippen molar-refractivity contribution in [2.24, 2.45) is 5.92 Å². The molecule has 31 heavy (non-hydrogen) atoms. The third-order valence-electron chi connectivity index (χ3n) is 5.46. The van der Waals surface area contributed by atoms with Gasteiger partial charge in [0.05, 0.1) is 33.7 Å². The molecule has 1 amide bonds. The molecule has 1 aromatic carbocycles. The van der Waals surface area contributed by atoms with Crippen molar-refractivity contribution < 1.29 is 13.2 Å². The van der Waals surface area contributed by atoms with Crippen LogP contribution in [0.1, 0.15) is 44.2 Å². The fraction of sp³-hybridized carbons (Fsp3) is 0.500. The molecule has 0 saturated heterocycles. The first-order valence-electron chi connectivity index (χ1n) is 10.4. The molecule has 0 N–H and O–H groups in total. The Bertz CT molecular complexity index is 1020. The summed E-state index contributed by atoms with van der Waals surface area (Å²) < 4.78 is 23.8. The second-order valence-electron chi connectivity index (χ2n) is 8.41. The molecule has 0 aliphatic heterocycles. The van der Waals surface area contributed by atoms with Gasteiger partial charge in [-0.15, -0.1) is 0 Å². The lowest BCUT2D eigenvalue weighted by atomic mass is 10.0. The standard InChI is InChI=1S/C22H29ClN4O3S/c1-26(2)15-17-13-25-21(14-24-17)27(22(28)11-8-16-6-4-5-7-16)18-9-10-20(19(23)12-18)31(3,29)30/h9-10,12-14,16H,4-8,11,15H2,1-3H3. The summed E-state index contributed by atoms with van der Waals surface area (Å²) in [4.78, 5) is 25.6. The molecule has 168 valence electrons. The largest absolute Gasteiger partial charge is 0.304 e. The molecule has 9 heteroatoms. The molecule has 0 bridgehead atoms. The molecule has 7 nitrogen and oxygen atoms in total. The normalized spacial score (nSPS) is 14.9. The topological polar surface area (TPSA) is 83.5 Å². The van der Waals surface area contributed by atoms with Gasteiger partial charge in [0.25, 0.3) is 0 Å². The molecule has 2 aromatic rings. The van der Waals surface area contributed by atoms with Gasteiger partial charge in [-0.05, 0) is 44.6 Å². The minimum Gasteiger partial charge on any atom is -0.304 e. The van der Waals surface area contributed by atoms with Gasteiger partial charge in [-0.2, -0.15) is 0 Å². The molecule has 0 atom stereocenters. The van der Waals surface area contributed by atoms with Gasteiger partial charge >= 0.3 is 0 Å². The van der Waals surface area contributed by atoms with Crippen molar-refractivity contribution in [3.8, 4) is 0 Å². The van der Waals surface area contributed by atoms with Gasteiger partial charge in [0.2, 0.25) is 5.91 Å². The van der Waals surface area contributed by atoms with Gasteiger partial charge in [-0.1, -0.05) is 37.3 Å². The summed E-state index contributed by atoms with van der Waals surface area (Å²) in [6, 6.07) is 4.52. The van der Waals surface area contributed by atoms with E-state index in [0.29, 0.717) is 30.4 Å². The molecule has 3 rings (SSSR count). The number of aromatic nitrogens is 2. The Morgan fingerprint density at radius 2 is 1.87 bits per heavy atom. The fourth-order valence-corrected chi connectivity index (χ4v) is 5.26. The van der Waals surface area contributed by atoms with Crippen LogP contribution in [-0.4, -0.2) is 49.5 Å². The average Bonchev–Trinajstić information content (AvgIpc) is 3.20. The predicted octanol–water partition coefficient (Wildman–Crippen LogP) is 4.23. The molecule has 1 aromatic heterocycles. The van der Waals surface area contributed by atoms with Crippen LogP contribution in [0.3, 0.4) is 0 Å². The summed E-state index contributed by atoms with van der Waals surface area (Å²) in [7, 11) is 0.421. The third kappa shape index (κ3) is 6.24. The molecular formula is C22H29ClN4O3S. The summed E-state index contributed by atoms with van der Waals surface area (Å²) in [5.41, 5.74) is 1.26. The zero-order valence-corrected chi connectivity index (χ0v) is 19.8. The maximum atomic E-state index is 13.2. The number of hydrogen-bond donors (Lipinski definition) is 0. The van der Waals surface area contributed by atoms with Crippen molar-refractivity contribution >= 4 is 38.9 Å². The number of sulfone groups is 1. The van der Waals surface area contributed by atoms with E-state index in [1.54, 1.807) is 18.5 Å². The first-order chi connectivity index (χ1) is 14.6. The van der Waals surface area contributed by atoms with Gasteiger partial charge in [0.1, 0.15) is 0 Å². The molecular weight excluding hydrogens is 436 g/mol. The quantitative estimate of drug-likeness (QED) is 0.581. The zero-order valence-electron chi connectivity index (χ0n) is 18.2. The van der Waals surface area contributed by atoms with E-state index >= 15 is 0 Å². The summed E-state index contributed by atoms with van der Waals surface area (Å²) in [5.74, 6) is 0.863. The second kappa shape index (κ2) is 10.1. The van der Waals surface area contributed by atoms with Crippen molar-refractivity contribution in [2.75, 3.05) is 25.3 Å². The first-order valence-corrected chi connectivity index (χ1v) is 12.7. The smallest absolute Gasteiger partial charge is 0.232 e. The minimum absolute atomic E-state index is 0.0312. The van der Waals surface area contributed by atoms with Gasteiger partial charge < -0.3 is 4.90 Å². The van der Waals surface area contributed by atoms with Crippen molar-refractivity contribution in [2.45, 2.75) is 50.0 Å². The van der Waals surface area contributed by atoms with Crippen molar-refractivity contribution in [3.63, 3.8) is 0 Å². The highest BCUT2D eigenvalue weighted by atomic mass is 35.5. The monoisotopic (exact) mass is 464 g/mol. The Hall–Kier alpha value is -2.03. The maximum absolute atomic E-state index is 13.2. The van der Waals surface area contributed by atoms with Gasteiger partial charge in [-0.25, -0.2) is 13.4 Å². The molecule has 1 aliphatic rings. The van der Waals surface area contributed by atoms with Gasteiger partial charge in [-0.3, -0.25) is 14.7 Å². The molecule has 1 aliphatic carbocycles. The van der Waals surface area contributed by atoms with E-state index in [1.165, 1.54) is 42.7 Å². The Morgan fingerprint density at radius 3 is 2.42 bits per heavy atom. The Kier molecular flexibility index (Phi) is 7.67. The first kappa shape index (κ1) is 23.6. The van der Waals surface area contributed by atoms with E-state index in [9.17, 15) is 13.2 Å². The number of carbonyl (C=O) groups is 1. The van der Waals surface area contributed by atoms with E-state index in [-0.39, 0.29) is 15.8 Å². The molecule has 1 saturated carbocycles. The number of hydrogen-bond acceptors (Lipinski definition) is 6. The highest BCUT2D eigenvalue weighted by Crippen LogP contribution is 2.33. The molecule has 0 spiro atoms. The fourth-order valence-electron chi connectivity index (χ4n) is 3.94. The van der Waals surface area contributed by atoms with E-state index in [0.717, 1.165) is 18.4 Å². The van der Waals surface area contributed by atoms with Crippen LogP contribution in [0.2, 0.25) is 5.02 Å². The van der Waals surface area contributed by atoms with Gasteiger partial charge in [0, 0.05) is 19.2 Å². The van der Waals surface area contributed by atoms with Crippen LogP contribution in [0.25, 0.3) is 0 Å². The highest BCUT2D eigenvalue weighted by Gasteiger charge is 2.24. The number of anilines is 2. The van der Waals surface area contributed by atoms with Crippen LogP contribution < -0.4 is 4.90 Å². The van der Waals surface area contributed by atoms with E-state index in [4.69, 9.17) is 11.6 Å². The number of benzene rings is 1. The molecule has 1 heterocycles. The van der Waals surface area contributed by atoms with Crippen molar-refractivity contribution in [3.05, 3.63) is 41.3 Å². The number of halogens is 1. The van der Waals surface area contributed by atoms with E-state index in [2.05, 4.69) is 9.97 Å². The SMILES string of the molecule is CN(C)Cc1cnc(N(C(=O)CCC2CCCC2)c2ccc(S(C)(=O)=O)c(Cl)c2)cn1. The summed E-state index contributed by atoms with van der Waals surface area (Å²) in [5, 5.41) is 0.0748. The van der Waals surface area contributed by atoms with E-state index < -0.39 is 9.84 Å². The zero-order chi connectivity index (χ0) is 22.6. The lowest BCUT2D eigenvalue weighted by Gasteiger charge is -2.23. The highest BCUT2D eigenvalue weighted by molar-refractivity contribution is 7.90. The van der Waals surface area contributed by atoms with Crippen molar-refractivity contribution in [1.29, 1.82) is 0 Å². The number of amides is 1. The van der Waals surface area contributed by atoms with Crippen LogP contribution in [-0.2, 0) is 21.2 Å². The predicted molar refractivity (Wildman–Crippen MR) is 122 cm³/mol. The van der Waals surface area contributed by atoms with Gasteiger partial charge in [0.15, 0.2) is 15.7 Å². The summed E-state index contributed by atoms with van der Waals surface area (Å²) >= 11 is 6.25. The average molecular weight is 465 g/mol. The van der Waals surface area contributed by atoms with Crippen molar-refractivity contribution in [1.82, 2.24) is 14.9 Å². The second-order valence-corrected chi connectivity index (χ2v) is 10.8. The maximum Gasteiger partial charge on any atom is 0.232 e. The minimum atomic E-state index is -3.47. The molecule has 1 fully saturated rings. The summed E-state index contributed by atoms with van der Waals surface area (Å²) in [6.45, 7) is 0.637. The summed E-state index contributed by atoms with van der Waals surface area (Å²) in [6.07, 6.45) is 10.3. The van der Waals surface area contributed by atoms with Crippen LogP contribution in [0.4, 0.5) is 11.5 Å². The Labute approximate surface area is 189 Å². The van der Waals surface area contributed by atoms with E-state index in [1.807, 2.05) is 19.0 Å². The molecule has 0 unspecified atom stereocenters. The Balaban J connectivity index is 1.91. The van der Waals surface area contributed by atoms with Crippen LogP contribution in [0.15, 0.2) is 35.5 Å². The number of carbonyl (C=O) groups excluding carboxylic acids is 1. The van der Waals surface area contributed by atoms with Crippen LogP contribution >= 0.6 is 11.6 Å². The lowest BCUT2D eigenvalue weighted by Crippen LogP contribution is -2.27. The van der Waals surface area contributed by atoms with Crippen LogP contribution in [0, 0.1) is 5.92 Å². The van der Waals surface area contributed by atoms with Crippen LogP contribution in [0.5, 0.6) is 0 Å². The number of rotatable bonds is 8. The third-order valence-corrected chi connectivity index (χ3v) is 7.04. The lowest BCUT2D eigenvalue weighted by molar-refractivity contribution is -0.118. The number of nitrogens with zero attached hydrogens (tertiary/aromatic N) is 4.